The normalized spacial score (nSPS) is 16.1. The van der Waals surface area contributed by atoms with Crippen molar-refractivity contribution in [3.8, 4) is 5.75 Å². The Bertz CT molecular complexity index is 410. The van der Waals surface area contributed by atoms with Crippen LogP contribution in [0.15, 0.2) is 23.1 Å². The zero-order valence-electron chi connectivity index (χ0n) is 9.65. The molecule has 1 atom stereocenters. The van der Waals surface area contributed by atoms with Crippen LogP contribution in [0.1, 0.15) is 19.3 Å². The van der Waals surface area contributed by atoms with Gasteiger partial charge in [0.25, 0.3) is 0 Å². The number of benzene rings is 1. The molecule has 0 radical (unpaired) electrons. The Labute approximate surface area is 130 Å². The van der Waals surface area contributed by atoms with Gasteiger partial charge in [-0.2, -0.15) is 0 Å². The van der Waals surface area contributed by atoms with Crippen LogP contribution in [-0.4, -0.2) is 15.4 Å². The molecule has 1 unspecified atom stereocenters. The Morgan fingerprint density at radius 1 is 1.47 bits per heavy atom. The predicted octanol–water partition coefficient (Wildman–Crippen LogP) is -0.239. The first-order chi connectivity index (χ1) is 7.66. The predicted molar refractivity (Wildman–Crippen MR) is 61.5 cm³/mol. The summed E-state index contributed by atoms with van der Waals surface area (Å²) in [4.78, 5) is 0.128. The third kappa shape index (κ3) is 4.89. The van der Waals surface area contributed by atoms with Gasteiger partial charge in [-0.05, 0) is 41.6 Å². The summed E-state index contributed by atoms with van der Waals surface area (Å²) in [6, 6.07) is 4.63. The van der Waals surface area contributed by atoms with Gasteiger partial charge in [0.05, 0.1) is 11.5 Å². The monoisotopic (exact) mass is 282 g/mol. The summed E-state index contributed by atoms with van der Waals surface area (Å²) in [5.74, 6) is 1.16. The van der Waals surface area contributed by atoms with Crippen molar-refractivity contribution in [1.82, 2.24) is 0 Å². The van der Waals surface area contributed by atoms with Gasteiger partial charge in [-0.1, -0.05) is 24.4 Å². The topological polar surface area (TPSA) is 49.4 Å². The van der Waals surface area contributed by atoms with E-state index in [0.29, 0.717) is 17.4 Å². The van der Waals surface area contributed by atoms with Crippen LogP contribution >= 0.6 is 11.6 Å². The molecule has 0 aromatic heterocycles. The van der Waals surface area contributed by atoms with Crippen molar-refractivity contribution in [3.05, 3.63) is 23.2 Å². The van der Waals surface area contributed by atoms with E-state index < -0.39 is 11.1 Å². The average molecular weight is 283 g/mol. The molecule has 1 aromatic rings. The molecule has 17 heavy (non-hydrogen) atoms. The minimum Gasteiger partial charge on any atom is -0.768 e. The van der Waals surface area contributed by atoms with Gasteiger partial charge in [-0.15, -0.1) is 0 Å². The van der Waals surface area contributed by atoms with Crippen LogP contribution in [0.3, 0.4) is 0 Å². The standard InChI is InChI=1S/C11H13ClO3S.Na/c12-9-3-4-10(11(7-9)16(13)14)15-6-5-8-1-2-8;/h3-4,7-8H,1-2,5-6H2,(H,13,14);/q;+1/p-1. The molecule has 1 saturated carbocycles. The quantitative estimate of drug-likeness (QED) is 0.553. The smallest absolute Gasteiger partial charge is 0.768 e. The Balaban J connectivity index is 0.00000144. The molecule has 88 valence electrons. The minimum atomic E-state index is -2.31. The van der Waals surface area contributed by atoms with Crippen molar-refractivity contribution in [3.63, 3.8) is 0 Å². The fraction of sp³-hybridized carbons (Fsp3) is 0.455. The summed E-state index contributed by atoms with van der Waals surface area (Å²) < 4.78 is 27.3. The molecule has 0 aliphatic heterocycles. The van der Waals surface area contributed by atoms with Crippen molar-refractivity contribution < 1.29 is 43.1 Å². The van der Waals surface area contributed by atoms with E-state index >= 15 is 0 Å². The van der Waals surface area contributed by atoms with E-state index in [1.54, 1.807) is 12.1 Å². The van der Waals surface area contributed by atoms with Crippen LogP contribution in [-0.2, 0) is 11.1 Å². The van der Waals surface area contributed by atoms with Gasteiger partial charge in [0.2, 0.25) is 0 Å². The third-order valence-electron chi connectivity index (χ3n) is 2.57. The minimum absolute atomic E-state index is 0. The van der Waals surface area contributed by atoms with Gasteiger partial charge in [-0.3, -0.25) is 4.21 Å². The van der Waals surface area contributed by atoms with Crippen molar-refractivity contribution in [1.29, 1.82) is 0 Å². The molecule has 0 heterocycles. The molecule has 0 bridgehead atoms. The molecule has 0 amide bonds. The van der Waals surface area contributed by atoms with E-state index in [9.17, 15) is 8.76 Å². The molecule has 6 heteroatoms. The summed E-state index contributed by atoms with van der Waals surface area (Å²) in [5, 5.41) is 0.397. The number of hydrogen-bond donors (Lipinski definition) is 0. The Kier molecular flexibility index (Phi) is 6.48. The van der Waals surface area contributed by atoms with Crippen molar-refractivity contribution in [2.75, 3.05) is 6.61 Å². The molecule has 1 fully saturated rings. The summed E-state index contributed by atoms with van der Waals surface area (Å²) in [7, 11) is 0. The summed E-state index contributed by atoms with van der Waals surface area (Å²) in [6.07, 6.45) is 3.53. The zero-order valence-corrected chi connectivity index (χ0v) is 13.2. The second-order valence-electron chi connectivity index (χ2n) is 3.91. The average Bonchev–Trinajstić information content (AvgIpc) is 3.04. The number of rotatable bonds is 5. The van der Waals surface area contributed by atoms with E-state index in [1.807, 2.05) is 0 Å². The fourth-order valence-corrected chi connectivity index (χ4v) is 2.22. The van der Waals surface area contributed by atoms with Crippen LogP contribution in [0.5, 0.6) is 5.75 Å². The molecule has 1 aliphatic rings. The first kappa shape index (κ1) is 15.5. The van der Waals surface area contributed by atoms with Crippen LogP contribution < -0.4 is 34.3 Å². The number of halogens is 1. The van der Waals surface area contributed by atoms with Crippen LogP contribution in [0.25, 0.3) is 0 Å². The summed E-state index contributed by atoms with van der Waals surface area (Å²) in [6.45, 7) is 0.566. The largest absolute Gasteiger partial charge is 1.00 e. The molecule has 1 aliphatic carbocycles. The molecule has 3 nitrogen and oxygen atoms in total. The van der Waals surface area contributed by atoms with Crippen LogP contribution in [0.4, 0.5) is 0 Å². The van der Waals surface area contributed by atoms with E-state index in [2.05, 4.69) is 0 Å². The maximum Gasteiger partial charge on any atom is 1.00 e. The molecule has 1 aromatic carbocycles. The zero-order chi connectivity index (χ0) is 11.5. The van der Waals surface area contributed by atoms with Crippen LogP contribution in [0.2, 0.25) is 5.02 Å². The maximum absolute atomic E-state index is 10.9. The second kappa shape index (κ2) is 7.12. The van der Waals surface area contributed by atoms with Gasteiger partial charge >= 0.3 is 29.6 Å². The van der Waals surface area contributed by atoms with Gasteiger partial charge in [0.15, 0.2) is 0 Å². The van der Waals surface area contributed by atoms with Gasteiger partial charge in [-0.25, -0.2) is 0 Å². The number of ether oxygens (including phenoxy) is 1. The Morgan fingerprint density at radius 2 is 2.18 bits per heavy atom. The second-order valence-corrected chi connectivity index (χ2v) is 5.25. The summed E-state index contributed by atoms with van der Waals surface area (Å²) >= 11 is 3.42. The first-order valence-electron chi connectivity index (χ1n) is 5.18. The van der Waals surface area contributed by atoms with Gasteiger partial charge in [0.1, 0.15) is 5.75 Å². The van der Waals surface area contributed by atoms with Crippen LogP contribution in [0, 0.1) is 5.92 Å². The molecule has 0 saturated heterocycles. The SMILES string of the molecule is O=S([O-])c1cc(Cl)ccc1OCCC1CC1.[Na+]. The van der Waals surface area contributed by atoms with Gasteiger partial charge < -0.3 is 9.29 Å². The van der Waals surface area contributed by atoms with E-state index in [-0.39, 0.29) is 34.5 Å². The molecule has 2 rings (SSSR count). The van der Waals surface area contributed by atoms with E-state index in [1.165, 1.54) is 18.9 Å². The molecule has 0 N–H and O–H groups in total. The van der Waals surface area contributed by atoms with Crippen molar-refractivity contribution in [2.45, 2.75) is 24.2 Å². The third-order valence-corrected chi connectivity index (χ3v) is 3.48. The number of hydrogen-bond acceptors (Lipinski definition) is 3. The van der Waals surface area contributed by atoms with E-state index in [4.69, 9.17) is 16.3 Å². The van der Waals surface area contributed by atoms with Crippen molar-refractivity contribution in [2.24, 2.45) is 5.92 Å². The van der Waals surface area contributed by atoms with Crippen molar-refractivity contribution >= 4 is 22.7 Å². The summed E-state index contributed by atoms with van der Waals surface area (Å²) in [5.41, 5.74) is 0. The molecule has 0 spiro atoms. The van der Waals surface area contributed by atoms with Gasteiger partial charge in [0, 0.05) is 5.02 Å². The molecular weight excluding hydrogens is 271 g/mol. The fourth-order valence-electron chi connectivity index (χ4n) is 1.47. The first-order valence-corrected chi connectivity index (χ1v) is 6.63. The Morgan fingerprint density at radius 3 is 2.76 bits per heavy atom. The maximum atomic E-state index is 10.9. The van der Waals surface area contributed by atoms with E-state index in [0.717, 1.165) is 12.3 Å². The molecular formula is C11H12ClNaO3S. The Hall–Kier alpha value is 0.420.